The lowest BCUT2D eigenvalue weighted by Gasteiger charge is -1.90. The summed E-state index contributed by atoms with van der Waals surface area (Å²) in [5.74, 6) is -0.0460. The topological polar surface area (TPSA) is 86.7 Å². The normalized spacial score (nSPS) is 10.6. The summed E-state index contributed by atoms with van der Waals surface area (Å²) in [7, 11) is 1.73. The van der Waals surface area contributed by atoms with Crippen LogP contribution in [0.15, 0.2) is 41.4 Å². The highest BCUT2D eigenvalue weighted by atomic mass is 16.5. The lowest BCUT2D eigenvalue weighted by atomic mass is 10.2. The van der Waals surface area contributed by atoms with Crippen LogP contribution in [-0.2, 0) is 7.05 Å². The molecule has 0 bridgehead atoms. The van der Waals surface area contributed by atoms with Gasteiger partial charge in [-0.25, -0.2) is 0 Å². The zero-order chi connectivity index (χ0) is 13.2. The molecule has 7 nitrogen and oxygen atoms in total. The van der Waals surface area contributed by atoms with E-state index in [1.54, 1.807) is 37.8 Å². The van der Waals surface area contributed by atoms with Crippen LogP contribution in [0, 0.1) is 0 Å². The molecule has 0 amide bonds. The van der Waals surface area contributed by atoms with Crippen LogP contribution in [0.5, 0.6) is 0 Å². The van der Waals surface area contributed by atoms with Gasteiger partial charge < -0.3 is 4.52 Å². The molecule has 0 atom stereocenters. The molecule has 0 aliphatic heterocycles. The first-order valence-electron chi connectivity index (χ1n) is 5.51. The van der Waals surface area contributed by atoms with E-state index in [1.807, 2.05) is 0 Å². The van der Waals surface area contributed by atoms with Crippen molar-refractivity contribution in [1.29, 1.82) is 0 Å². The molecule has 3 rings (SSSR count). The lowest BCUT2D eigenvalue weighted by Crippen LogP contribution is -2.00. The Hall–Kier alpha value is -2.83. The van der Waals surface area contributed by atoms with E-state index < -0.39 is 0 Å². The van der Waals surface area contributed by atoms with Crippen molar-refractivity contribution in [2.45, 2.75) is 0 Å². The molecule has 3 heterocycles. The third-order valence-corrected chi connectivity index (χ3v) is 2.53. The van der Waals surface area contributed by atoms with Gasteiger partial charge in [0.05, 0.1) is 11.8 Å². The van der Waals surface area contributed by atoms with Crippen LogP contribution in [0.4, 0.5) is 0 Å². The molecule has 0 unspecified atom stereocenters. The second kappa shape index (κ2) is 4.45. The Morgan fingerprint density at radius 1 is 1.32 bits per heavy atom. The van der Waals surface area contributed by atoms with Crippen molar-refractivity contribution in [3.05, 3.63) is 48.4 Å². The number of hydrogen-bond acceptors (Lipinski definition) is 6. The summed E-state index contributed by atoms with van der Waals surface area (Å²) in [6, 6.07) is 3.48. The Labute approximate surface area is 107 Å². The molecule has 7 heteroatoms. The monoisotopic (exact) mass is 255 g/mol. The number of aromatic nitrogens is 5. The number of pyridine rings is 1. The predicted molar refractivity (Wildman–Crippen MR) is 64.2 cm³/mol. The standard InChI is InChI=1S/C12H9N5O2/c1-17-7-9(6-14-17)10(18)12-15-11(16-19-12)8-2-4-13-5-3-8/h2-7H,1H3. The average molecular weight is 255 g/mol. The SMILES string of the molecule is Cn1cc(C(=O)c2nc(-c3ccncc3)no2)cn1. The minimum absolute atomic E-state index is 0.0557. The van der Waals surface area contributed by atoms with E-state index in [0.717, 1.165) is 5.56 Å². The summed E-state index contributed by atoms with van der Waals surface area (Å²) in [4.78, 5) is 20.0. The molecule has 0 aliphatic rings. The average Bonchev–Trinajstić information content (AvgIpc) is 3.08. The van der Waals surface area contributed by atoms with E-state index in [1.165, 1.54) is 10.9 Å². The number of carbonyl (C=O) groups is 1. The molecule has 0 saturated carbocycles. The van der Waals surface area contributed by atoms with Gasteiger partial charge in [-0.2, -0.15) is 10.1 Å². The van der Waals surface area contributed by atoms with E-state index in [9.17, 15) is 4.79 Å². The Kier molecular flexibility index (Phi) is 2.64. The lowest BCUT2D eigenvalue weighted by molar-refractivity contribution is 0.0994. The van der Waals surface area contributed by atoms with Crippen molar-refractivity contribution in [1.82, 2.24) is 24.9 Å². The van der Waals surface area contributed by atoms with Crippen molar-refractivity contribution in [2.24, 2.45) is 7.05 Å². The van der Waals surface area contributed by atoms with Crippen molar-refractivity contribution >= 4 is 5.78 Å². The Balaban J connectivity index is 1.92. The zero-order valence-electron chi connectivity index (χ0n) is 10.0. The summed E-state index contributed by atoms with van der Waals surface area (Å²) < 4.78 is 6.51. The minimum Gasteiger partial charge on any atom is -0.330 e. The van der Waals surface area contributed by atoms with Crippen molar-refractivity contribution in [3.8, 4) is 11.4 Å². The smallest absolute Gasteiger partial charge is 0.299 e. The Morgan fingerprint density at radius 2 is 2.11 bits per heavy atom. The van der Waals surface area contributed by atoms with E-state index in [4.69, 9.17) is 4.52 Å². The van der Waals surface area contributed by atoms with Crippen molar-refractivity contribution in [3.63, 3.8) is 0 Å². The number of carbonyl (C=O) groups excluding carboxylic acids is 1. The molecule has 3 aromatic heterocycles. The van der Waals surface area contributed by atoms with Gasteiger partial charge in [0.1, 0.15) is 0 Å². The fourth-order valence-corrected chi connectivity index (χ4v) is 1.60. The number of rotatable bonds is 3. The molecule has 0 radical (unpaired) electrons. The maximum absolute atomic E-state index is 12.0. The number of aryl methyl sites for hydroxylation is 1. The summed E-state index contributed by atoms with van der Waals surface area (Å²) in [5.41, 5.74) is 1.15. The van der Waals surface area contributed by atoms with E-state index >= 15 is 0 Å². The van der Waals surface area contributed by atoms with E-state index in [0.29, 0.717) is 11.4 Å². The molecule has 0 aromatic carbocycles. The summed E-state index contributed by atoms with van der Waals surface area (Å²) in [6.45, 7) is 0. The number of hydrogen-bond donors (Lipinski definition) is 0. The first kappa shape index (κ1) is 11.3. The highest BCUT2D eigenvalue weighted by Gasteiger charge is 2.19. The molecule has 94 valence electrons. The number of ketones is 1. The molecular formula is C12H9N5O2. The van der Waals surface area contributed by atoms with Gasteiger partial charge in [-0.1, -0.05) is 5.16 Å². The van der Waals surface area contributed by atoms with Gasteiger partial charge in [0.15, 0.2) is 0 Å². The highest BCUT2D eigenvalue weighted by Crippen LogP contribution is 2.15. The van der Waals surface area contributed by atoms with Crippen molar-refractivity contribution < 1.29 is 9.32 Å². The third kappa shape index (κ3) is 2.13. The van der Waals surface area contributed by atoms with Gasteiger partial charge in [0, 0.05) is 31.2 Å². The first-order chi connectivity index (χ1) is 9.24. The third-order valence-electron chi connectivity index (χ3n) is 2.53. The molecule has 0 spiro atoms. The molecule has 0 fully saturated rings. The Bertz CT molecular complexity index is 717. The van der Waals surface area contributed by atoms with Crippen LogP contribution in [0.2, 0.25) is 0 Å². The van der Waals surface area contributed by atoms with Crippen LogP contribution in [-0.4, -0.2) is 30.7 Å². The van der Waals surface area contributed by atoms with Crippen LogP contribution >= 0.6 is 0 Å². The van der Waals surface area contributed by atoms with Gasteiger partial charge in [0.25, 0.3) is 11.7 Å². The fourth-order valence-electron chi connectivity index (χ4n) is 1.60. The molecule has 0 saturated heterocycles. The van der Waals surface area contributed by atoms with Crippen LogP contribution in [0.1, 0.15) is 16.2 Å². The first-order valence-corrected chi connectivity index (χ1v) is 5.51. The second-order valence-corrected chi connectivity index (χ2v) is 3.89. The van der Waals surface area contributed by atoms with Gasteiger partial charge in [-0.15, -0.1) is 0 Å². The maximum Gasteiger partial charge on any atom is 0.299 e. The Morgan fingerprint density at radius 3 is 2.79 bits per heavy atom. The van der Waals surface area contributed by atoms with Crippen LogP contribution in [0.3, 0.4) is 0 Å². The summed E-state index contributed by atoms with van der Waals surface area (Å²) >= 11 is 0. The van der Waals surface area contributed by atoms with Crippen LogP contribution in [0.25, 0.3) is 11.4 Å². The van der Waals surface area contributed by atoms with Crippen LogP contribution < -0.4 is 0 Å². The maximum atomic E-state index is 12.0. The predicted octanol–water partition coefficient (Wildman–Crippen LogP) is 1.10. The van der Waals surface area contributed by atoms with Gasteiger partial charge in [-0.05, 0) is 12.1 Å². The van der Waals surface area contributed by atoms with Gasteiger partial charge in [0.2, 0.25) is 5.82 Å². The fraction of sp³-hybridized carbons (Fsp3) is 0.0833. The molecule has 0 aliphatic carbocycles. The van der Waals surface area contributed by atoms with Crippen molar-refractivity contribution in [2.75, 3.05) is 0 Å². The van der Waals surface area contributed by atoms with E-state index in [2.05, 4.69) is 20.2 Å². The molecule has 19 heavy (non-hydrogen) atoms. The number of nitrogens with zero attached hydrogens (tertiary/aromatic N) is 5. The summed E-state index contributed by atoms with van der Waals surface area (Å²) in [6.07, 6.45) is 6.29. The van der Waals surface area contributed by atoms with Gasteiger partial charge in [-0.3, -0.25) is 14.5 Å². The highest BCUT2D eigenvalue weighted by molar-refractivity contribution is 6.05. The summed E-state index contributed by atoms with van der Waals surface area (Å²) in [5, 5.41) is 7.70. The molecule has 0 N–H and O–H groups in total. The van der Waals surface area contributed by atoms with Gasteiger partial charge >= 0.3 is 0 Å². The minimum atomic E-state index is -0.346. The second-order valence-electron chi connectivity index (χ2n) is 3.89. The van der Waals surface area contributed by atoms with E-state index in [-0.39, 0.29) is 11.7 Å². The molecule has 3 aromatic rings. The molecular weight excluding hydrogens is 246 g/mol. The largest absolute Gasteiger partial charge is 0.330 e. The quantitative estimate of drug-likeness (QED) is 0.651. The zero-order valence-corrected chi connectivity index (χ0v) is 10.0.